The molecule has 74 valence electrons. The van der Waals surface area contributed by atoms with E-state index in [9.17, 15) is 4.79 Å². The van der Waals surface area contributed by atoms with Crippen LogP contribution in [0.2, 0.25) is 0 Å². The number of amides is 1. The monoisotopic (exact) mass is 209 g/mol. The van der Waals surface area contributed by atoms with Crippen molar-refractivity contribution in [3.63, 3.8) is 0 Å². The Kier molecular flexibility index (Phi) is 3.72. The SMILES string of the molecule is C/C(Cl)=C\C(=O)Nc1ccc(C)cc1. The van der Waals surface area contributed by atoms with Crippen LogP contribution in [-0.2, 0) is 4.79 Å². The van der Waals surface area contributed by atoms with Gasteiger partial charge >= 0.3 is 0 Å². The van der Waals surface area contributed by atoms with Crippen molar-refractivity contribution in [2.24, 2.45) is 0 Å². The Bertz CT molecular complexity index is 350. The van der Waals surface area contributed by atoms with Crippen molar-refractivity contribution in [1.82, 2.24) is 0 Å². The summed E-state index contributed by atoms with van der Waals surface area (Å²) in [4.78, 5) is 11.2. The minimum atomic E-state index is -0.207. The zero-order chi connectivity index (χ0) is 10.6. The Hall–Kier alpha value is -1.28. The maximum atomic E-state index is 11.2. The molecule has 14 heavy (non-hydrogen) atoms. The number of anilines is 1. The first-order valence-corrected chi connectivity index (χ1v) is 4.67. The normalized spacial score (nSPS) is 11.2. The number of halogens is 1. The van der Waals surface area contributed by atoms with Gasteiger partial charge in [0.1, 0.15) is 0 Å². The number of allylic oxidation sites excluding steroid dienone is 1. The first kappa shape index (κ1) is 10.8. The zero-order valence-corrected chi connectivity index (χ0v) is 8.93. The number of nitrogens with one attached hydrogen (secondary N) is 1. The molecule has 0 aliphatic carbocycles. The van der Waals surface area contributed by atoms with Crippen molar-refractivity contribution in [2.45, 2.75) is 13.8 Å². The fourth-order valence-electron chi connectivity index (χ4n) is 0.996. The summed E-state index contributed by atoms with van der Waals surface area (Å²) in [6.07, 6.45) is 1.35. The third kappa shape index (κ3) is 3.62. The van der Waals surface area contributed by atoms with Crippen LogP contribution in [0, 0.1) is 6.92 Å². The molecule has 0 spiro atoms. The van der Waals surface area contributed by atoms with E-state index in [0.717, 1.165) is 11.3 Å². The second-order valence-electron chi connectivity index (χ2n) is 3.09. The van der Waals surface area contributed by atoms with E-state index >= 15 is 0 Å². The highest BCUT2D eigenvalue weighted by atomic mass is 35.5. The Morgan fingerprint density at radius 2 is 1.93 bits per heavy atom. The first-order chi connectivity index (χ1) is 6.58. The summed E-state index contributed by atoms with van der Waals surface area (Å²) in [5.74, 6) is -0.207. The second-order valence-corrected chi connectivity index (χ2v) is 3.68. The summed E-state index contributed by atoms with van der Waals surface area (Å²) >= 11 is 5.56. The fourth-order valence-corrected chi connectivity index (χ4v) is 1.09. The van der Waals surface area contributed by atoms with Gasteiger partial charge in [-0.3, -0.25) is 4.79 Å². The smallest absolute Gasteiger partial charge is 0.249 e. The molecule has 1 amide bonds. The minimum Gasteiger partial charge on any atom is -0.322 e. The lowest BCUT2D eigenvalue weighted by Gasteiger charge is -2.01. The van der Waals surface area contributed by atoms with Gasteiger partial charge in [0.05, 0.1) is 0 Å². The average Bonchev–Trinajstić information content (AvgIpc) is 2.07. The molecule has 0 bridgehead atoms. The molecule has 2 nitrogen and oxygen atoms in total. The molecular weight excluding hydrogens is 198 g/mol. The molecule has 0 saturated heterocycles. The topological polar surface area (TPSA) is 29.1 Å². The maximum absolute atomic E-state index is 11.2. The second kappa shape index (κ2) is 4.82. The van der Waals surface area contributed by atoms with Gasteiger partial charge < -0.3 is 5.32 Å². The summed E-state index contributed by atoms with van der Waals surface area (Å²) in [6.45, 7) is 3.66. The predicted octanol–water partition coefficient (Wildman–Crippen LogP) is 3.08. The molecule has 0 atom stereocenters. The molecule has 0 radical (unpaired) electrons. The van der Waals surface area contributed by atoms with Gasteiger partial charge in [-0.05, 0) is 26.0 Å². The lowest BCUT2D eigenvalue weighted by atomic mass is 10.2. The number of carbonyl (C=O) groups excluding carboxylic acids is 1. The summed E-state index contributed by atoms with van der Waals surface area (Å²) < 4.78 is 0. The number of hydrogen-bond donors (Lipinski definition) is 1. The molecule has 3 heteroatoms. The predicted molar refractivity (Wildman–Crippen MR) is 59.4 cm³/mol. The molecule has 0 aliphatic rings. The molecule has 1 rings (SSSR count). The highest BCUT2D eigenvalue weighted by molar-refractivity contribution is 6.31. The summed E-state index contributed by atoms with van der Waals surface area (Å²) in [5.41, 5.74) is 1.93. The number of carbonyl (C=O) groups is 1. The first-order valence-electron chi connectivity index (χ1n) is 4.29. The highest BCUT2D eigenvalue weighted by Crippen LogP contribution is 2.09. The summed E-state index contributed by atoms with van der Waals surface area (Å²) in [7, 11) is 0. The molecule has 0 aromatic heterocycles. The van der Waals surface area contributed by atoms with Crippen molar-refractivity contribution in [3.05, 3.63) is 40.9 Å². The van der Waals surface area contributed by atoms with Crippen molar-refractivity contribution in [3.8, 4) is 0 Å². The lowest BCUT2D eigenvalue weighted by Crippen LogP contribution is -2.07. The van der Waals surface area contributed by atoms with E-state index < -0.39 is 0 Å². The summed E-state index contributed by atoms with van der Waals surface area (Å²) in [5, 5.41) is 3.17. The Morgan fingerprint density at radius 3 is 2.43 bits per heavy atom. The van der Waals surface area contributed by atoms with Crippen LogP contribution in [0.5, 0.6) is 0 Å². The standard InChI is InChI=1S/C11H12ClNO/c1-8-3-5-10(6-4-8)13-11(14)7-9(2)12/h3-7H,1-2H3,(H,13,14)/b9-7+. The molecule has 0 aliphatic heterocycles. The third-order valence-corrected chi connectivity index (χ3v) is 1.76. The van der Waals surface area contributed by atoms with Crippen LogP contribution >= 0.6 is 11.6 Å². The number of benzene rings is 1. The lowest BCUT2D eigenvalue weighted by molar-refractivity contribution is -0.111. The number of hydrogen-bond acceptors (Lipinski definition) is 1. The summed E-state index contributed by atoms with van der Waals surface area (Å²) in [6, 6.07) is 7.58. The van der Waals surface area contributed by atoms with Gasteiger partial charge in [-0.1, -0.05) is 29.3 Å². The largest absolute Gasteiger partial charge is 0.322 e. The van der Waals surface area contributed by atoms with Crippen LogP contribution in [0.4, 0.5) is 5.69 Å². The van der Waals surface area contributed by atoms with Crippen LogP contribution < -0.4 is 5.32 Å². The highest BCUT2D eigenvalue weighted by Gasteiger charge is 1.97. The van der Waals surface area contributed by atoms with E-state index in [-0.39, 0.29) is 5.91 Å². The van der Waals surface area contributed by atoms with Crippen LogP contribution in [0.25, 0.3) is 0 Å². The van der Waals surface area contributed by atoms with Gasteiger partial charge in [-0.15, -0.1) is 0 Å². The molecule has 0 unspecified atom stereocenters. The van der Waals surface area contributed by atoms with Gasteiger partial charge in [0.25, 0.3) is 0 Å². The number of rotatable bonds is 2. The Labute approximate surface area is 88.6 Å². The van der Waals surface area contributed by atoms with Crippen LogP contribution in [-0.4, -0.2) is 5.91 Å². The van der Waals surface area contributed by atoms with Crippen molar-refractivity contribution in [2.75, 3.05) is 5.32 Å². The van der Waals surface area contributed by atoms with Crippen LogP contribution in [0.3, 0.4) is 0 Å². The third-order valence-electron chi connectivity index (χ3n) is 1.65. The quantitative estimate of drug-likeness (QED) is 0.746. The van der Waals surface area contributed by atoms with Gasteiger partial charge in [0.15, 0.2) is 0 Å². The van der Waals surface area contributed by atoms with Gasteiger partial charge in [0, 0.05) is 16.8 Å². The van der Waals surface area contributed by atoms with Gasteiger partial charge in [0.2, 0.25) is 5.91 Å². The molecule has 0 heterocycles. The van der Waals surface area contributed by atoms with E-state index in [0.29, 0.717) is 5.03 Å². The molecule has 1 aromatic carbocycles. The van der Waals surface area contributed by atoms with E-state index in [1.807, 2.05) is 31.2 Å². The Balaban J connectivity index is 2.66. The van der Waals surface area contributed by atoms with Crippen molar-refractivity contribution >= 4 is 23.2 Å². The fraction of sp³-hybridized carbons (Fsp3) is 0.182. The molecule has 0 saturated carbocycles. The maximum Gasteiger partial charge on any atom is 0.249 e. The van der Waals surface area contributed by atoms with E-state index in [1.54, 1.807) is 6.92 Å². The Morgan fingerprint density at radius 1 is 1.36 bits per heavy atom. The van der Waals surface area contributed by atoms with Gasteiger partial charge in [-0.2, -0.15) is 0 Å². The zero-order valence-electron chi connectivity index (χ0n) is 8.17. The van der Waals surface area contributed by atoms with E-state index in [2.05, 4.69) is 5.32 Å². The van der Waals surface area contributed by atoms with E-state index in [1.165, 1.54) is 6.08 Å². The van der Waals surface area contributed by atoms with E-state index in [4.69, 9.17) is 11.6 Å². The number of aryl methyl sites for hydroxylation is 1. The average molecular weight is 210 g/mol. The van der Waals surface area contributed by atoms with Gasteiger partial charge in [-0.25, -0.2) is 0 Å². The van der Waals surface area contributed by atoms with Crippen LogP contribution in [0.15, 0.2) is 35.4 Å². The van der Waals surface area contributed by atoms with Crippen LogP contribution in [0.1, 0.15) is 12.5 Å². The van der Waals surface area contributed by atoms with Crippen molar-refractivity contribution in [1.29, 1.82) is 0 Å². The molecule has 0 fully saturated rings. The van der Waals surface area contributed by atoms with Crippen molar-refractivity contribution < 1.29 is 4.79 Å². The molecule has 1 aromatic rings. The molecular formula is C11H12ClNO. The molecule has 1 N–H and O–H groups in total. The minimum absolute atomic E-state index is 0.207.